The largest absolute Gasteiger partial charge is 0.444 e. The van der Waals surface area contributed by atoms with E-state index in [2.05, 4.69) is 5.32 Å². The molecule has 0 aromatic heterocycles. The smallest absolute Gasteiger partial charge is 0.410 e. The van der Waals surface area contributed by atoms with E-state index in [-0.39, 0.29) is 6.09 Å². The highest BCUT2D eigenvalue weighted by Crippen LogP contribution is 2.25. The van der Waals surface area contributed by atoms with Gasteiger partial charge in [0.05, 0.1) is 11.4 Å². The van der Waals surface area contributed by atoms with Gasteiger partial charge in [0.15, 0.2) is 0 Å². The van der Waals surface area contributed by atoms with Crippen LogP contribution in [0.2, 0.25) is 5.02 Å². The first-order valence-electron chi connectivity index (χ1n) is 7.54. The number of rotatable bonds is 2. The topological polar surface area (TPSA) is 67.6 Å². The Morgan fingerprint density at radius 1 is 1.36 bits per heavy atom. The molecule has 3 N–H and O–H groups in total. The summed E-state index contributed by atoms with van der Waals surface area (Å²) in [5.74, 6) is 0. The number of amides is 1. The van der Waals surface area contributed by atoms with Crippen LogP contribution in [0.4, 0.5) is 16.2 Å². The highest BCUT2D eigenvalue weighted by molar-refractivity contribution is 6.31. The fourth-order valence-electron chi connectivity index (χ4n) is 2.42. The van der Waals surface area contributed by atoms with E-state index in [0.29, 0.717) is 29.8 Å². The number of halogens is 1. The van der Waals surface area contributed by atoms with Gasteiger partial charge in [0.1, 0.15) is 5.60 Å². The van der Waals surface area contributed by atoms with Crippen molar-refractivity contribution in [2.75, 3.05) is 24.1 Å². The molecule has 0 bridgehead atoms. The first kappa shape index (κ1) is 16.7. The van der Waals surface area contributed by atoms with Crippen molar-refractivity contribution in [3.8, 4) is 0 Å². The molecule has 1 aliphatic heterocycles. The second-order valence-electron chi connectivity index (χ2n) is 6.62. The molecule has 0 saturated carbocycles. The number of hydrogen-bond acceptors (Lipinski definition) is 4. The molecule has 1 heterocycles. The Bertz CT molecular complexity index is 535. The Balaban J connectivity index is 1.86. The summed E-state index contributed by atoms with van der Waals surface area (Å²) >= 11 is 5.90. The van der Waals surface area contributed by atoms with Crippen molar-refractivity contribution in [2.45, 2.75) is 45.3 Å². The van der Waals surface area contributed by atoms with Gasteiger partial charge < -0.3 is 20.7 Å². The lowest BCUT2D eigenvalue weighted by atomic mass is 10.0. The molecule has 6 heteroatoms. The summed E-state index contributed by atoms with van der Waals surface area (Å²) in [6.07, 6.45) is 1.49. The van der Waals surface area contributed by atoms with E-state index in [4.69, 9.17) is 22.1 Å². The molecule has 1 aliphatic rings. The number of nitrogens with zero attached hydrogens (tertiary/aromatic N) is 1. The summed E-state index contributed by atoms with van der Waals surface area (Å²) in [4.78, 5) is 13.8. The molecule has 1 aromatic rings. The molecule has 0 unspecified atom stereocenters. The molecular formula is C16H24ClN3O2. The SMILES string of the molecule is CC(C)(C)OC(=O)N1CCC(Nc2ccc(Cl)cc2N)CC1. The number of piperidine rings is 1. The molecule has 1 saturated heterocycles. The summed E-state index contributed by atoms with van der Waals surface area (Å²) in [5.41, 5.74) is 7.03. The van der Waals surface area contributed by atoms with Crippen LogP contribution < -0.4 is 11.1 Å². The normalized spacial score (nSPS) is 16.5. The highest BCUT2D eigenvalue weighted by atomic mass is 35.5. The fraction of sp³-hybridized carbons (Fsp3) is 0.562. The van der Waals surface area contributed by atoms with E-state index in [1.165, 1.54) is 0 Å². The van der Waals surface area contributed by atoms with Crippen LogP contribution in [0.25, 0.3) is 0 Å². The standard InChI is InChI=1S/C16H24ClN3O2/c1-16(2,3)22-15(21)20-8-6-12(7-9-20)19-14-5-4-11(17)10-13(14)18/h4-5,10,12,19H,6-9,18H2,1-3H3. The Kier molecular flexibility index (Phi) is 5.06. The van der Waals surface area contributed by atoms with Crippen LogP contribution in [0.5, 0.6) is 0 Å². The predicted molar refractivity (Wildman–Crippen MR) is 90.3 cm³/mol. The van der Waals surface area contributed by atoms with Gasteiger partial charge in [-0.05, 0) is 51.8 Å². The summed E-state index contributed by atoms with van der Waals surface area (Å²) in [6.45, 7) is 6.99. The van der Waals surface area contributed by atoms with Gasteiger partial charge in [0.25, 0.3) is 0 Å². The van der Waals surface area contributed by atoms with Crippen LogP contribution in [0.1, 0.15) is 33.6 Å². The number of carbonyl (C=O) groups excluding carboxylic acids is 1. The summed E-state index contributed by atoms with van der Waals surface area (Å²) in [5, 5.41) is 4.05. The Morgan fingerprint density at radius 3 is 2.55 bits per heavy atom. The maximum absolute atomic E-state index is 12.0. The lowest BCUT2D eigenvalue weighted by Gasteiger charge is -2.34. The molecule has 1 fully saturated rings. The van der Waals surface area contributed by atoms with E-state index in [0.717, 1.165) is 18.5 Å². The van der Waals surface area contributed by atoms with Gasteiger partial charge >= 0.3 is 6.09 Å². The lowest BCUT2D eigenvalue weighted by molar-refractivity contribution is 0.0210. The minimum absolute atomic E-state index is 0.239. The molecule has 0 aliphatic carbocycles. The fourth-order valence-corrected chi connectivity index (χ4v) is 2.60. The number of hydrogen-bond donors (Lipinski definition) is 2. The van der Waals surface area contributed by atoms with Crippen molar-refractivity contribution < 1.29 is 9.53 Å². The third kappa shape index (κ3) is 4.70. The van der Waals surface area contributed by atoms with Crippen LogP contribution in [0, 0.1) is 0 Å². The quantitative estimate of drug-likeness (QED) is 0.813. The van der Waals surface area contributed by atoms with E-state index in [1.807, 2.05) is 32.9 Å². The lowest BCUT2D eigenvalue weighted by Crippen LogP contribution is -2.44. The minimum Gasteiger partial charge on any atom is -0.444 e. The summed E-state index contributed by atoms with van der Waals surface area (Å²) in [7, 11) is 0. The first-order chi connectivity index (χ1) is 10.2. The molecule has 22 heavy (non-hydrogen) atoms. The number of ether oxygens (including phenoxy) is 1. The van der Waals surface area contributed by atoms with Crippen molar-refractivity contribution in [1.82, 2.24) is 4.90 Å². The van der Waals surface area contributed by atoms with Crippen LogP contribution >= 0.6 is 11.6 Å². The first-order valence-corrected chi connectivity index (χ1v) is 7.92. The molecule has 0 radical (unpaired) electrons. The van der Waals surface area contributed by atoms with Gasteiger partial charge in [-0.2, -0.15) is 0 Å². The summed E-state index contributed by atoms with van der Waals surface area (Å²) in [6, 6.07) is 5.73. The molecule has 1 amide bonds. The van der Waals surface area contributed by atoms with Crippen molar-refractivity contribution in [2.24, 2.45) is 0 Å². The highest BCUT2D eigenvalue weighted by Gasteiger charge is 2.26. The van der Waals surface area contributed by atoms with Crippen molar-refractivity contribution in [3.63, 3.8) is 0 Å². The van der Waals surface area contributed by atoms with E-state index >= 15 is 0 Å². The van der Waals surface area contributed by atoms with Crippen LogP contribution in [0.15, 0.2) is 18.2 Å². The Morgan fingerprint density at radius 2 is 2.00 bits per heavy atom. The minimum atomic E-state index is -0.454. The van der Waals surface area contributed by atoms with Crippen LogP contribution in [-0.2, 0) is 4.74 Å². The number of nitrogen functional groups attached to an aromatic ring is 1. The van der Waals surface area contributed by atoms with Gasteiger partial charge in [-0.3, -0.25) is 0 Å². The molecule has 2 rings (SSSR count). The maximum atomic E-state index is 12.0. The van der Waals surface area contributed by atoms with Gasteiger partial charge in [0.2, 0.25) is 0 Å². The zero-order valence-electron chi connectivity index (χ0n) is 13.4. The number of benzene rings is 1. The Labute approximate surface area is 136 Å². The predicted octanol–water partition coefficient (Wildman–Crippen LogP) is 3.73. The number of anilines is 2. The van der Waals surface area contributed by atoms with Gasteiger partial charge in [0, 0.05) is 24.2 Å². The van der Waals surface area contributed by atoms with Gasteiger partial charge in [-0.1, -0.05) is 11.6 Å². The van der Waals surface area contributed by atoms with Crippen LogP contribution in [-0.4, -0.2) is 35.7 Å². The Hall–Kier alpha value is -1.62. The second kappa shape index (κ2) is 6.65. The zero-order chi connectivity index (χ0) is 16.3. The monoisotopic (exact) mass is 325 g/mol. The van der Waals surface area contributed by atoms with Crippen molar-refractivity contribution >= 4 is 29.1 Å². The molecular weight excluding hydrogens is 302 g/mol. The maximum Gasteiger partial charge on any atom is 0.410 e. The molecule has 0 atom stereocenters. The zero-order valence-corrected chi connectivity index (χ0v) is 14.1. The van der Waals surface area contributed by atoms with Gasteiger partial charge in [-0.25, -0.2) is 4.79 Å². The third-order valence-corrected chi connectivity index (χ3v) is 3.75. The van der Waals surface area contributed by atoms with Gasteiger partial charge in [-0.15, -0.1) is 0 Å². The second-order valence-corrected chi connectivity index (χ2v) is 7.05. The van der Waals surface area contributed by atoms with Crippen molar-refractivity contribution in [3.05, 3.63) is 23.2 Å². The summed E-state index contributed by atoms with van der Waals surface area (Å²) < 4.78 is 5.39. The van der Waals surface area contributed by atoms with E-state index in [1.54, 1.807) is 11.0 Å². The molecule has 122 valence electrons. The number of carbonyl (C=O) groups is 1. The molecule has 1 aromatic carbocycles. The van der Waals surface area contributed by atoms with Crippen LogP contribution in [0.3, 0.4) is 0 Å². The average Bonchev–Trinajstić information content (AvgIpc) is 2.41. The van der Waals surface area contributed by atoms with E-state index in [9.17, 15) is 4.79 Å². The van der Waals surface area contributed by atoms with E-state index < -0.39 is 5.60 Å². The number of nitrogens with two attached hydrogens (primary N) is 1. The molecule has 0 spiro atoms. The average molecular weight is 326 g/mol. The number of nitrogens with one attached hydrogen (secondary N) is 1. The number of likely N-dealkylation sites (tertiary alicyclic amines) is 1. The molecule has 5 nitrogen and oxygen atoms in total. The van der Waals surface area contributed by atoms with Crippen molar-refractivity contribution in [1.29, 1.82) is 0 Å². The third-order valence-electron chi connectivity index (χ3n) is 3.52.